The van der Waals surface area contributed by atoms with Gasteiger partial charge in [-0.3, -0.25) is 4.79 Å². The molecule has 2 aromatic rings. The molecule has 210 valence electrons. The molecule has 2 heterocycles. The Bertz CT molecular complexity index is 1230. The predicted molar refractivity (Wildman–Crippen MR) is 120 cm³/mol. The molecule has 3 rings (SSSR count). The van der Waals surface area contributed by atoms with Crippen LogP contribution in [0.5, 0.6) is 5.75 Å². The van der Waals surface area contributed by atoms with Crippen LogP contribution in [-0.2, 0) is 14.3 Å². The Morgan fingerprint density at radius 2 is 1.95 bits per heavy atom. The lowest BCUT2D eigenvalue weighted by Gasteiger charge is -2.46. The molecular formula is C23H26F3NO11. The number of aliphatic hydroxyl groups is 4. The molecule has 15 heteroatoms. The Hall–Kier alpha value is -3.24. The van der Waals surface area contributed by atoms with E-state index in [1.54, 1.807) is 6.92 Å². The van der Waals surface area contributed by atoms with Crippen LogP contribution in [0.2, 0.25) is 0 Å². The minimum Gasteiger partial charge on any atom is -0.476 e. The van der Waals surface area contributed by atoms with Crippen LogP contribution < -0.4 is 15.7 Å². The fourth-order valence-corrected chi connectivity index (χ4v) is 4.07. The van der Waals surface area contributed by atoms with E-state index in [1.807, 2.05) is 0 Å². The maximum Gasteiger partial charge on any atom is 0.389 e. The van der Waals surface area contributed by atoms with Crippen molar-refractivity contribution in [2.24, 2.45) is 0 Å². The first-order valence-corrected chi connectivity index (χ1v) is 11.3. The highest BCUT2D eigenvalue weighted by atomic mass is 19.4. The molecule has 1 aromatic carbocycles. The van der Waals surface area contributed by atoms with E-state index in [4.69, 9.17) is 13.9 Å². The number of amides is 1. The van der Waals surface area contributed by atoms with Gasteiger partial charge in [-0.1, -0.05) is 0 Å². The Morgan fingerprint density at radius 3 is 2.55 bits per heavy atom. The highest BCUT2D eigenvalue weighted by Crippen LogP contribution is 2.36. The van der Waals surface area contributed by atoms with E-state index in [-0.39, 0.29) is 11.3 Å². The first-order valence-electron chi connectivity index (χ1n) is 11.3. The van der Waals surface area contributed by atoms with Crippen LogP contribution in [0, 0.1) is 6.92 Å². The average molecular weight is 549 g/mol. The third kappa shape index (κ3) is 6.60. The topological polar surface area (TPSA) is 196 Å². The van der Waals surface area contributed by atoms with Crippen molar-refractivity contribution in [2.75, 3.05) is 6.61 Å². The zero-order valence-electron chi connectivity index (χ0n) is 19.8. The number of rotatable bonds is 9. The van der Waals surface area contributed by atoms with Gasteiger partial charge in [0.1, 0.15) is 29.6 Å². The molecule has 0 bridgehead atoms. The molecule has 1 saturated heterocycles. The van der Waals surface area contributed by atoms with Gasteiger partial charge in [-0.05, 0) is 24.6 Å². The normalized spacial score (nSPS) is 25.5. The van der Waals surface area contributed by atoms with E-state index in [0.29, 0.717) is 10.9 Å². The zero-order valence-corrected chi connectivity index (χ0v) is 19.8. The summed E-state index contributed by atoms with van der Waals surface area (Å²) in [5, 5.41) is 53.0. The summed E-state index contributed by atoms with van der Waals surface area (Å²) in [5.74, 6) is -5.95. The largest absolute Gasteiger partial charge is 0.476 e. The molecule has 0 aliphatic carbocycles. The van der Waals surface area contributed by atoms with Gasteiger partial charge in [0.15, 0.2) is 0 Å². The minimum absolute atomic E-state index is 0.0338. The number of nitrogens with one attached hydrogen (secondary N) is 1. The fraction of sp³-hybridized carbons (Fsp3) is 0.522. The number of hydrogen-bond donors (Lipinski definition) is 6. The summed E-state index contributed by atoms with van der Waals surface area (Å²) in [6, 6.07) is 3.51. The number of fused-ring (bicyclic) bond motifs is 1. The molecule has 0 radical (unpaired) electrons. The van der Waals surface area contributed by atoms with Gasteiger partial charge in [-0.25, -0.2) is 9.59 Å². The van der Waals surface area contributed by atoms with Crippen molar-refractivity contribution in [3.63, 3.8) is 0 Å². The predicted octanol–water partition coefficient (Wildman–Crippen LogP) is -0.0477. The second-order valence-electron chi connectivity index (χ2n) is 8.87. The third-order valence-corrected chi connectivity index (χ3v) is 5.99. The van der Waals surface area contributed by atoms with Crippen LogP contribution in [0.15, 0.2) is 33.5 Å². The fourth-order valence-electron chi connectivity index (χ4n) is 4.07. The molecule has 1 fully saturated rings. The highest BCUT2D eigenvalue weighted by molar-refractivity contribution is 5.82. The van der Waals surface area contributed by atoms with Crippen molar-refractivity contribution in [2.45, 2.75) is 68.6 Å². The third-order valence-electron chi connectivity index (χ3n) is 5.99. The van der Waals surface area contributed by atoms with Crippen molar-refractivity contribution >= 4 is 22.8 Å². The zero-order chi connectivity index (χ0) is 28.4. The summed E-state index contributed by atoms with van der Waals surface area (Å²) in [6.07, 6.45) is -16.0. The number of carbonyl (C=O) groups is 2. The van der Waals surface area contributed by atoms with Crippen LogP contribution in [0.3, 0.4) is 0 Å². The summed E-state index contributed by atoms with van der Waals surface area (Å²) in [4.78, 5) is 36.2. The summed E-state index contributed by atoms with van der Waals surface area (Å²) in [6.45, 7) is 0.594. The highest BCUT2D eigenvalue weighted by Gasteiger charge is 2.56. The Labute approximate surface area is 212 Å². The van der Waals surface area contributed by atoms with Gasteiger partial charge < -0.3 is 44.7 Å². The number of carbonyl (C=O) groups excluding carboxylic acids is 1. The van der Waals surface area contributed by atoms with Crippen LogP contribution in [-0.4, -0.2) is 86.4 Å². The summed E-state index contributed by atoms with van der Waals surface area (Å²) < 4.78 is 53.6. The molecule has 1 aliphatic heterocycles. The molecule has 1 aromatic heterocycles. The monoisotopic (exact) mass is 549 g/mol. The number of alkyl halides is 3. The summed E-state index contributed by atoms with van der Waals surface area (Å²) >= 11 is 0. The van der Waals surface area contributed by atoms with Crippen molar-refractivity contribution in [3.8, 4) is 5.75 Å². The van der Waals surface area contributed by atoms with Gasteiger partial charge in [0.2, 0.25) is 5.91 Å². The lowest BCUT2D eigenvalue weighted by Crippen LogP contribution is -2.68. The number of ether oxygens (including phenoxy) is 2. The molecule has 1 aliphatic rings. The lowest BCUT2D eigenvalue weighted by molar-refractivity contribution is -0.284. The van der Waals surface area contributed by atoms with Crippen molar-refractivity contribution in [1.29, 1.82) is 0 Å². The van der Waals surface area contributed by atoms with E-state index in [9.17, 15) is 53.1 Å². The molecule has 1 amide bonds. The van der Waals surface area contributed by atoms with Crippen LogP contribution in [0.4, 0.5) is 13.2 Å². The number of aliphatic hydroxyl groups excluding tert-OH is 4. The number of benzene rings is 1. The first-order chi connectivity index (χ1) is 17.7. The molecule has 1 unspecified atom stereocenters. The van der Waals surface area contributed by atoms with Crippen molar-refractivity contribution in [1.82, 2.24) is 5.32 Å². The maximum absolute atomic E-state index is 12.5. The molecule has 6 N–H and O–H groups in total. The van der Waals surface area contributed by atoms with Gasteiger partial charge in [-0.2, -0.15) is 13.2 Å². The van der Waals surface area contributed by atoms with Gasteiger partial charge in [-0.15, -0.1) is 0 Å². The molecule has 0 spiro atoms. The van der Waals surface area contributed by atoms with Gasteiger partial charge in [0.25, 0.3) is 0 Å². The van der Waals surface area contributed by atoms with E-state index < -0.39 is 85.8 Å². The molecule has 38 heavy (non-hydrogen) atoms. The number of aryl methyl sites for hydroxylation is 1. The second kappa shape index (κ2) is 11.2. The second-order valence-corrected chi connectivity index (χ2v) is 8.87. The number of aliphatic carboxylic acids is 1. The Balaban J connectivity index is 1.94. The quantitative estimate of drug-likeness (QED) is 0.230. The number of carboxylic acids is 1. The van der Waals surface area contributed by atoms with E-state index in [1.165, 1.54) is 24.3 Å². The first kappa shape index (κ1) is 29.3. The Morgan fingerprint density at radius 1 is 1.26 bits per heavy atom. The van der Waals surface area contributed by atoms with E-state index in [0.717, 1.165) is 0 Å². The van der Waals surface area contributed by atoms with Gasteiger partial charge >= 0.3 is 23.6 Å². The van der Waals surface area contributed by atoms with E-state index >= 15 is 0 Å². The SMILES string of the molecule is Cc1cc(=O)oc2cc(OC3(C(=O)O)C[C@H](O)[C@@H](NC(=O)CCC(F)(F)F)[C@H]([C@H](O)[C@H](O)CO)O3)ccc12. The van der Waals surface area contributed by atoms with Crippen molar-refractivity contribution in [3.05, 3.63) is 40.2 Å². The Kier molecular flexibility index (Phi) is 8.68. The van der Waals surface area contributed by atoms with Crippen LogP contribution in [0.25, 0.3) is 11.0 Å². The van der Waals surface area contributed by atoms with Gasteiger partial charge in [0, 0.05) is 23.9 Å². The number of hydrogen-bond acceptors (Lipinski definition) is 10. The standard InChI is InChI=1S/C23H26F3NO11/c1-10-6-17(32)36-15-7-11(2-3-12(10)15)37-22(21(34)35)8-13(29)18(20(38-22)19(33)14(30)9-28)27-16(31)4-5-23(24,25)26/h2-3,6-7,13-14,18-20,28-30,33H,4-5,8-9H2,1H3,(H,27,31)(H,34,35)/t13-,14+,18+,19+,20+,22?/m0/s1. The van der Waals surface area contributed by atoms with Gasteiger partial charge in [0.05, 0.1) is 31.6 Å². The lowest BCUT2D eigenvalue weighted by atomic mass is 9.88. The number of carboxylic acid groups (broad SMARTS) is 1. The van der Waals surface area contributed by atoms with Crippen LogP contribution in [0.1, 0.15) is 24.8 Å². The van der Waals surface area contributed by atoms with E-state index in [2.05, 4.69) is 5.32 Å². The minimum atomic E-state index is -4.66. The smallest absolute Gasteiger partial charge is 0.389 e. The molecule has 6 atom stereocenters. The van der Waals surface area contributed by atoms with Crippen LogP contribution >= 0.6 is 0 Å². The summed E-state index contributed by atoms with van der Waals surface area (Å²) in [7, 11) is 0. The maximum atomic E-state index is 12.5. The summed E-state index contributed by atoms with van der Waals surface area (Å²) in [5.41, 5.74) is -0.0911. The molecular weight excluding hydrogens is 523 g/mol. The average Bonchev–Trinajstić information content (AvgIpc) is 2.82. The molecule has 0 saturated carbocycles. The molecule has 12 nitrogen and oxygen atoms in total. The number of halogens is 3. The van der Waals surface area contributed by atoms with Crippen molar-refractivity contribution < 1.29 is 62.2 Å².